The molecule has 2 aromatic carbocycles. The fourth-order valence-corrected chi connectivity index (χ4v) is 3.61. The predicted octanol–water partition coefficient (Wildman–Crippen LogP) is 5.26. The number of benzene rings is 2. The molecule has 0 aliphatic heterocycles. The standard InChI is InChI=1S/C22H23N3O2/c1-14-7-12-19(15(2)13-14)23-21(26)17-10-8-16(9-11-17)20-24-22(27-25-20)18-5-3-4-6-18/h7-13,18H,3-6H2,1-2H3,(H,23,26). The molecule has 0 unspecified atom stereocenters. The van der Waals surface area contributed by atoms with Gasteiger partial charge in [0, 0.05) is 22.7 Å². The monoisotopic (exact) mass is 361 g/mol. The van der Waals surface area contributed by atoms with E-state index in [1.54, 1.807) is 12.1 Å². The van der Waals surface area contributed by atoms with E-state index in [0.29, 0.717) is 17.3 Å². The zero-order valence-corrected chi connectivity index (χ0v) is 15.7. The maximum Gasteiger partial charge on any atom is 0.255 e. The first-order valence-electron chi connectivity index (χ1n) is 9.43. The maximum atomic E-state index is 12.5. The highest BCUT2D eigenvalue weighted by Crippen LogP contribution is 2.33. The van der Waals surface area contributed by atoms with Crippen molar-refractivity contribution in [2.24, 2.45) is 0 Å². The van der Waals surface area contributed by atoms with E-state index in [1.807, 2.05) is 38.1 Å². The minimum atomic E-state index is -0.131. The number of carbonyl (C=O) groups excluding carboxylic acids is 1. The number of anilines is 1. The molecule has 0 spiro atoms. The average molecular weight is 361 g/mol. The second-order valence-corrected chi connectivity index (χ2v) is 7.29. The van der Waals surface area contributed by atoms with E-state index in [4.69, 9.17) is 4.52 Å². The highest BCUT2D eigenvalue weighted by Gasteiger charge is 2.23. The van der Waals surface area contributed by atoms with Crippen molar-refractivity contribution in [1.82, 2.24) is 10.1 Å². The van der Waals surface area contributed by atoms with Gasteiger partial charge in [-0.1, -0.05) is 47.8 Å². The van der Waals surface area contributed by atoms with Gasteiger partial charge in [-0.15, -0.1) is 0 Å². The van der Waals surface area contributed by atoms with Gasteiger partial charge in [-0.2, -0.15) is 4.98 Å². The second-order valence-electron chi connectivity index (χ2n) is 7.29. The number of hydrogen-bond acceptors (Lipinski definition) is 4. The Kier molecular flexibility index (Phi) is 4.75. The van der Waals surface area contributed by atoms with Gasteiger partial charge in [0.2, 0.25) is 11.7 Å². The van der Waals surface area contributed by atoms with E-state index in [9.17, 15) is 4.79 Å². The highest BCUT2D eigenvalue weighted by molar-refractivity contribution is 6.04. The summed E-state index contributed by atoms with van der Waals surface area (Å²) in [6, 6.07) is 13.3. The van der Waals surface area contributed by atoms with Gasteiger partial charge in [-0.25, -0.2) is 0 Å². The Morgan fingerprint density at radius 2 is 1.81 bits per heavy atom. The Hall–Kier alpha value is -2.95. The van der Waals surface area contributed by atoms with Crippen molar-refractivity contribution >= 4 is 11.6 Å². The molecule has 0 bridgehead atoms. The summed E-state index contributed by atoms with van der Waals surface area (Å²) in [5.74, 6) is 1.58. The molecule has 1 aliphatic rings. The summed E-state index contributed by atoms with van der Waals surface area (Å²) >= 11 is 0. The molecule has 1 N–H and O–H groups in total. The molecule has 1 amide bonds. The Labute approximate surface area is 158 Å². The number of nitrogens with zero attached hydrogens (tertiary/aromatic N) is 2. The molecule has 1 saturated carbocycles. The first kappa shape index (κ1) is 17.5. The van der Waals surface area contributed by atoms with Crippen molar-refractivity contribution in [1.29, 1.82) is 0 Å². The molecule has 3 aromatic rings. The fourth-order valence-electron chi connectivity index (χ4n) is 3.61. The van der Waals surface area contributed by atoms with Gasteiger partial charge in [0.25, 0.3) is 5.91 Å². The average Bonchev–Trinajstić information content (AvgIpc) is 3.35. The lowest BCUT2D eigenvalue weighted by molar-refractivity contribution is 0.102. The van der Waals surface area contributed by atoms with E-state index in [-0.39, 0.29) is 5.91 Å². The maximum absolute atomic E-state index is 12.5. The smallest absolute Gasteiger partial charge is 0.255 e. The molecule has 5 nitrogen and oxygen atoms in total. The molecule has 0 radical (unpaired) electrons. The summed E-state index contributed by atoms with van der Waals surface area (Å²) in [5, 5.41) is 7.07. The van der Waals surface area contributed by atoms with Crippen LogP contribution in [0.25, 0.3) is 11.4 Å². The molecule has 1 fully saturated rings. The third-order valence-corrected chi connectivity index (χ3v) is 5.18. The number of amides is 1. The van der Waals surface area contributed by atoms with Gasteiger partial charge >= 0.3 is 0 Å². The molecular weight excluding hydrogens is 338 g/mol. The van der Waals surface area contributed by atoms with Crippen molar-refractivity contribution in [3.05, 3.63) is 65.0 Å². The van der Waals surface area contributed by atoms with Gasteiger partial charge in [-0.3, -0.25) is 4.79 Å². The van der Waals surface area contributed by atoms with Crippen molar-refractivity contribution in [3.8, 4) is 11.4 Å². The van der Waals surface area contributed by atoms with Crippen LogP contribution in [0.4, 0.5) is 5.69 Å². The predicted molar refractivity (Wildman–Crippen MR) is 105 cm³/mol. The molecule has 1 aromatic heterocycles. The number of carbonyl (C=O) groups is 1. The van der Waals surface area contributed by atoms with Crippen LogP contribution in [0.5, 0.6) is 0 Å². The molecule has 1 heterocycles. The normalized spacial score (nSPS) is 14.4. The molecule has 5 heteroatoms. The van der Waals surface area contributed by atoms with Crippen LogP contribution in [-0.2, 0) is 0 Å². The molecule has 4 rings (SSSR count). The Morgan fingerprint density at radius 3 is 2.52 bits per heavy atom. The summed E-state index contributed by atoms with van der Waals surface area (Å²) in [4.78, 5) is 17.1. The molecule has 27 heavy (non-hydrogen) atoms. The molecule has 0 saturated heterocycles. The fraction of sp³-hybridized carbons (Fsp3) is 0.318. The number of nitrogens with one attached hydrogen (secondary N) is 1. The largest absolute Gasteiger partial charge is 0.339 e. The summed E-state index contributed by atoms with van der Waals surface area (Å²) in [7, 11) is 0. The Bertz CT molecular complexity index is 954. The van der Waals surface area contributed by atoms with Crippen LogP contribution in [0, 0.1) is 13.8 Å². The van der Waals surface area contributed by atoms with Gasteiger partial charge in [0.15, 0.2) is 0 Å². The van der Waals surface area contributed by atoms with E-state index >= 15 is 0 Å². The zero-order valence-electron chi connectivity index (χ0n) is 15.7. The summed E-state index contributed by atoms with van der Waals surface area (Å²) in [5.41, 5.74) is 4.50. The topological polar surface area (TPSA) is 68.0 Å². The number of aryl methyl sites for hydroxylation is 2. The van der Waals surface area contributed by atoms with Crippen LogP contribution in [0.15, 0.2) is 47.0 Å². The number of aromatic nitrogens is 2. The summed E-state index contributed by atoms with van der Waals surface area (Å²) < 4.78 is 5.44. The van der Waals surface area contributed by atoms with Crippen LogP contribution in [0.1, 0.15) is 59.0 Å². The van der Waals surface area contributed by atoms with Crippen molar-refractivity contribution in [2.45, 2.75) is 45.4 Å². The molecule has 0 atom stereocenters. The minimum Gasteiger partial charge on any atom is -0.339 e. The van der Waals surface area contributed by atoms with Crippen molar-refractivity contribution < 1.29 is 9.32 Å². The highest BCUT2D eigenvalue weighted by atomic mass is 16.5. The lowest BCUT2D eigenvalue weighted by Crippen LogP contribution is -2.12. The lowest BCUT2D eigenvalue weighted by atomic mass is 10.1. The van der Waals surface area contributed by atoms with E-state index in [1.165, 1.54) is 18.4 Å². The Morgan fingerprint density at radius 1 is 1.07 bits per heavy atom. The van der Waals surface area contributed by atoms with Crippen molar-refractivity contribution in [3.63, 3.8) is 0 Å². The van der Waals surface area contributed by atoms with Gasteiger partial charge in [-0.05, 0) is 50.5 Å². The van der Waals surface area contributed by atoms with Crippen LogP contribution < -0.4 is 5.32 Å². The van der Waals surface area contributed by atoms with Crippen LogP contribution in [-0.4, -0.2) is 16.0 Å². The Balaban J connectivity index is 1.47. The molecule has 138 valence electrons. The quantitative estimate of drug-likeness (QED) is 0.688. The molecule has 1 aliphatic carbocycles. The van der Waals surface area contributed by atoms with E-state index in [2.05, 4.69) is 21.5 Å². The minimum absolute atomic E-state index is 0.131. The third kappa shape index (κ3) is 3.77. The third-order valence-electron chi connectivity index (χ3n) is 5.18. The molecular formula is C22H23N3O2. The van der Waals surface area contributed by atoms with Crippen molar-refractivity contribution in [2.75, 3.05) is 5.32 Å². The number of hydrogen-bond donors (Lipinski definition) is 1. The van der Waals surface area contributed by atoms with Crippen LogP contribution in [0.2, 0.25) is 0 Å². The second kappa shape index (κ2) is 7.35. The number of rotatable bonds is 4. The van der Waals surface area contributed by atoms with E-state index in [0.717, 1.165) is 35.5 Å². The first-order chi connectivity index (χ1) is 13.1. The SMILES string of the molecule is Cc1ccc(NC(=O)c2ccc(-c3noc(C4CCCC4)n3)cc2)c(C)c1. The lowest BCUT2D eigenvalue weighted by Gasteiger charge is -2.09. The summed E-state index contributed by atoms with van der Waals surface area (Å²) in [6.07, 6.45) is 4.71. The zero-order chi connectivity index (χ0) is 18.8. The van der Waals surface area contributed by atoms with Crippen LogP contribution >= 0.6 is 0 Å². The van der Waals surface area contributed by atoms with Gasteiger partial charge < -0.3 is 9.84 Å². The van der Waals surface area contributed by atoms with E-state index < -0.39 is 0 Å². The summed E-state index contributed by atoms with van der Waals surface area (Å²) in [6.45, 7) is 4.03. The van der Waals surface area contributed by atoms with Gasteiger partial charge in [0.05, 0.1) is 0 Å². The van der Waals surface area contributed by atoms with Gasteiger partial charge in [0.1, 0.15) is 0 Å². The first-order valence-corrected chi connectivity index (χ1v) is 9.43. The van der Waals surface area contributed by atoms with Crippen LogP contribution in [0.3, 0.4) is 0 Å².